The number of para-hydroxylation sites is 1. The van der Waals surface area contributed by atoms with Crippen molar-refractivity contribution in [3.63, 3.8) is 0 Å². The molecule has 2 fully saturated rings. The first-order valence-electron chi connectivity index (χ1n) is 8.40. The molecule has 2 aromatic rings. The molecule has 2 bridgehead atoms. The maximum atomic E-state index is 13.1. The number of allylic oxidation sites excluding steroid dienone is 1. The first kappa shape index (κ1) is 15.7. The Bertz CT molecular complexity index is 819. The van der Waals surface area contributed by atoms with Crippen LogP contribution in [0.5, 0.6) is 5.75 Å². The quantitative estimate of drug-likeness (QED) is 0.687. The third-order valence-corrected chi connectivity index (χ3v) is 5.03. The van der Waals surface area contributed by atoms with Crippen molar-refractivity contribution < 1.29 is 14.3 Å². The summed E-state index contributed by atoms with van der Waals surface area (Å²) in [6.07, 6.45) is 4.39. The van der Waals surface area contributed by atoms with Gasteiger partial charge in [0.25, 0.3) is 0 Å². The predicted octanol–water partition coefficient (Wildman–Crippen LogP) is 3.19. The van der Waals surface area contributed by atoms with Gasteiger partial charge in [0.15, 0.2) is 5.78 Å². The zero-order valence-electron chi connectivity index (χ0n) is 13.7. The topological polar surface area (TPSA) is 43.8 Å². The smallest absolute Gasteiger partial charge is 0.190 e. The van der Waals surface area contributed by atoms with Gasteiger partial charge in [0.05, 0.1) is 5.56 Å². The molecule has 2 aliphatic heterocycles. The Balaban J connectivity index is 1.42. The lowest BCUT2D eigenvalue weighted by atomic mass is 10.1. The molecule has 0 radical (unpaired) electrons. The van der Waals surface area contributed by atoms with Crippen LogP contribution in [0.15, 0.2) is 60.8 Å². The molecule has 4 nitrogen and oxygen atoms in total. The lowest BCUT2D eigenvalue weighted by Gasteiger charge is -2.35. The molecule has 1 N–H and O–H groups in total. The van der Waals surface area contributed by atoms with Gasteiger partial charge in [0, 0.05) is 43.1 Å². The first-order valence-corrected chi connectivity index (χ1v) is 8.40. The lowest BCUT2D eigenvalue weighted by molar-refractivity contribution is 0.104. The Labute approximate surface area is 145 Å². The highest BCUT2D eigenvalue weighted by Crippen LogP contribution is 2.34. The van der Waals surface area contributed by atoms with E-state index < -0.39 is 0 Å². The number of carbonyl (C=O) groups is 1. The number of carbonyl (C=O) groups excluding carboxylic acids is 1. The minimum atomic E-state index is -0.222. The Morgan fingerprint density at radius 1 is 1.08 bits per heavy atom. The fourth-order valence-corrected chi connectivity index (χ4v) is 3.76. The average Bonchev–Trinajstić information content (AvgIpc) is 3.21. The molecule has 5 heteroatoms. The fourth-order valence-electron chi connectivity index (χ4n) is 3.76. The minimum Gasteiger partial charge on any atom is -0.507 e. The SMILES string of the molecule is O=C(/C=C/N1C[C@H]2C[C@@H]1CN2c1ccc(F)cc1)c1ccccc1O. The molecule has 2 aliphatic rings. The number of ketones is 1. The normalized spacial score (nSPS) is 22.1. The number of hydrogen-bond acceptors (Lipinski definition) is 4. The Morgan fingerprint density at radius 3 is 2.52 bits per heavy atom. The van der Waals surface area contributed by atoms with Gasteiger partial charge in [-0.1, -0.05) is 12.1 Å². The maximum absolute atomic E-state index is 13.1. The lowest BCUT2D eigenvalue weighted by Crippen LogP contribution is -2.44. The summed E-state index contributed by atoms with van der Waals surface area (Å²) in [4.78, 5) is 16.7. The third-order valence-electron chi connectivity index (χ3n) is 5.03. The van der Waals surface area contributed by atoms with Crippen LogP contribution < -0.4 is 4.90 Å². The molecular weight excluding hydrogens is 319 g/mol. The highest BCUT2D eigenvalue weighted by atomic mass is 19.1. The zero-order chi connectivity index (χ0) is 17.4. The van der Waals surface area contributed by atoms with E-state index in [1.54, 1.807) is 18.2 Å². The standard InChI is InChI=1S/C20H19FN2O2/c21-14-5-7-15(8-6-14)23-13-16-11-17(23)12-22(16)10-9-20(25)18-3-1-2-4-19(18)24/h1-10,16-17,24H,11-13H2/b10-9+/t16-,17-/m1/s1. The minimum absolute atomic E-state index is 0.00239. The van der Waals surface area contributed by atoms with Crippen molar-refractivity contribution in [1.29, 1.82) is 0 Å². The summed E-state index contributed by atoms with van der Waals surface area (Å²) >= 11 is 0. The van der Waals surface area contributed by atoms with Crippen molar-refractivity contribution >= 4 is 11.5 Å². The molecule has 2 heterocycles. The van der Waals surface area contributed by atoms with Crippen molar-refractivity contribution in [3.8, 4) is 5.75 Å². The second-order valence-corrected chi connectivity index (χ2v) is 6.57. The molecule has 0 aromatic heterocycles. The van der Waals surface area contributed by atoms with E-state index in [1.165, 1.54) is 24.3 Å². The summed E-state index contributed by atoms with van der Waals surface area (Å²) in [6, 6.07) is 13.9. The van der Waals surface area contributed by atoms with E-state index in [9.17, 15) is 14.3 Å². The molecule has 0 unspecified atom stereocenters. The van der Waals surface area contributed by atoms with Crippen LogP contribution in [-0.4, -0.2) is 41.0 Å². The monoisotopic (exact) mass is 338 g/mol. The van der Waals surface area contributed by atoms with Gasteiger partial charge in [0.1, 0.15) is 11.6 Å². The summed E-state index contributed by atoms with van der Waals surface area (Å²) in [5, 5.41) is 9.76. The molecule has 0 saturated carbocycles. The number of hydrogen-bond donors (Lipinski definition) is 1. The van der Waals surface area contributed by atoms with Crippen LogP contribution in [0, 0.1) is 5.82 Å². The van der Waals surface area contributed by atoms with Crippen LogP contribution in [-0.2, 0) is 0 Å². The van der Waals surface area contributed by atoms with Gasteiger partial charge in [-0.3, -0.25) is 4.79 Å². The second kappa shape index (κ2) is 6.24. The van der Waals surface area contributed by atoms with Crippen LogP contribution in [0.3, 0.4) is 0 Å². The largest absolute Gasteiger partial charge is 0.507 e. The van der Waals surface area contributed by atoms with Gasteiger partial charge in [-0.25, -0.2) is 4.39 Å². The summed E-state index contributed by atoms with van der Waals surface area (Å²) in [5.74, 6) is -0.417. The zero-order valence-corrected chi connectivity index (χ0v) is 13.7. The molecule has 2 saturated heterocycles. The van der Waals surface area contributed by atoms with Crippen LogP contribution in [0.1, 0.15) is 16.8 Å². The molecule has 4 rings (SSSR count). The van der Waals surface area contributed by atoms with E-state index >= 15 is 0 Å². The predicted molar refractivity (Wildman–Crippen MR) is 94.2 cm³/mol. The summed E-state index contributed by atoms with van der Waals surface area (Å²) in [6.45, 7) is 1.71. The number of phenols is 1. The number of anilines is 1. The molecule has 2 atom stereocenters. The van der Waals surface area contributed by atoms with Gasteiger partial charge in [0.2, 0.25) is 0 Å². The van der Waals surface area contributed by atoms with Crippen molar-refractivity contribution in [2.45, 2.75) is 18.5 Å². The fraction of sp³-hybridized carbons (Fsp3) is 0.250. The van der Waals surface area contributed by atoms with E-state index in [0.717, 1.165) is 25.2 Å². The molecule has 128 valence electrons. The van der Waals surface area contributed by atoms with E-state index in [-0.39, 0.29) is 17.3 Å². The molecule has 0 aliphatic carbocycles. The van der Waals surface area contributed by atoms with E-state index in [2.05, 4.69) is 9.80 Å². The van der Waals surface area contributed by atoms with Gasteiger partial charge < -0.3 is 14.9 Å². The number of aromatic hydroxyl groups is 1. The van der Waals surface area contributed by atoms with Crippen molar-refractivity contribution in [2.75, 3.05) is 18.0 Å². The van der Waals surface area contributed by atoms with Crippen LogP contribution >= 0.6 is 0 Å². The number of nitrogens with zero attached hydrogens (tertiary/aromatic N) is 2. The number of piperazine rings is 1. The molecule has 2 aromatic carbocycles. The highest BCUT2D eigenvalue weighted by molar-refractivity contribution is 6.06. The Morgan fingerprint density at radius 2 is 1.84 bits per heavy atom. The van der Waals surface area contributed by atoms with Crippen molar-refractivity contribution in [2.24, 2.45) is 0 Å². The van der Waals surface area contributed by atoms with Crippen molar-refractivity contribution in [1.82, 2.24) is 4.90 Å². The summed E-state index contributed by atoms with van der Waals surface area (Å²) in [5.41, 5.74) is 1.36. The summed E-state index contributed by atoms with van der Waals surface area (Å²) < 4.78 is 13.1. The van der Waals surface area contributed by atoms with Crippen LogP contribution in [0.2, 0.25) is 0 Å². The Kier molecular flexibility index (Phi) is 3.92. The van der Waals surface area contributed by atoms with E-state index in [4.69, 9.17) is 0 Å². The number of fused-ring (bicyclic) bond motifs is 2. The van der Waals surface area contributed by atoms with E-state index in [1.807, 2.05) is 18.3 Å². The van der Waals surface area contributed by atoms with Gasteiger partial charge >= 0.3 is 0 Å². The molecule has 25 heavy (non-hydrogen) atoms. The summed E-state index contributed by atoms with van der Waals surface area (Å²) in [7, 11) is 0. The second-order valence-electron chi connectivity index (χ2n) is 6.57. The first-order chi connectivity index (χ1) is 12.1. The number of rotatable bonds is 4. The third kappa shape index (κ3) is 2.97. The van der Waals surface area contributed by atoms with Crippen molar-refractivity contribution in [3.05, 3.63) is 72.2 Å². The Hall–Kier alpha value is -2.82. The van der Waals surface area contributed by atoms with E-state index in [0.29, 0.717) is 17.6 Å². The highest BCUT2D eigenvalue weighted by Gasteiger charge is 2.42. The number of likely N-dealkylation sites (tertiary alicyclic amines) is 1. The average molecular weight is 338 g/mol. The number of halogens is 1. The number of phenolic OH excluding ortho intramolecular Hbond substituents is 1. The maximum Gasteiger partial charge on any atom is 0.190 e. The molecular formula is C20H19FN2O2. The van der Waals surface area contributed by atoms with Gasteiger partial charge in [-0.05, 0) is 42.8 Å². The van der Waals surface area contributed by atoms with Crippen LogP contribution in [0.4, 0.5) is 10.1 Å². The number of benzene rings is 2. The molecule has 0 spiro atoms. The molecule has 0 amide bonds. The van der Waals surface area contributed by atoms with Gasteiger partial charge in [-0.15, -0.1) is 0 Å². The van der Waals surface area contributed by atoms with Gasteiger partial charge in [-0.2, -0.15) is 0 Å². The van der Waals surface area contributed by atoms with Crippen LogP contribution in [0.25, 0.3) is 0 Å².